The van der Waals surface area contributed by atoms with Crippen LogP contribution in [-0.2, 0) is 0 Å². The van der Waals surface area contributed by atoms with Crippen LogP contribution in [0, 0.1) is 17.5 Å². The molecule has 2 aliphatic heterocycles. The quantitative estimate of drug-likeness (QED) is 0.770. The Kier molecular flexibility index (Phi) is 3.63. The maximum absolute atomic E-state index is 14.0. The Morgan fingerprint density at radius 3 is 2.75 bits per heavy atom. The second-order valence-electron chi connectivity index (χ2n) is 5.73. The summed E-state index contributed by atoms with van der Waals surface area (Å²) >= 11 is 0. The molecule has 0 aromatic heterocycles. The van der Waals surface area contributed by atoms with E-state index in [4.69, 9.17) is 0 Å². The van der Waals surface area contributed by atoms with Gasteiger partial charge >= 0.3 is 0 Å². The van der Waals surface area contributed by atoms with Crippen molar-refractivity contribution < 1.29 is 13.2 Å². The van der Waals surface area contributed by atoms with E-state index in [1.807, 2.05) is 11.8 Å². The molecule has 2 unspecified atom stereocenters. The van der Waals surface area contributed by atoms with Crippen LogP contribution in [-0.4, -0.2) is 36.6 Å². The van der Waals surface area contributed by atoms with Crippen molar-refractivity contribution in [3.05, 3.63) is 29.6 Å². The highest BCUT2D eigenvalue weighted by atomic mass is 19.2. The summed E-state index contributed by atoms with van der Waals surface area (Å²) < 4.78 is 40.9. The third kappa shape index (κ3) is 2.28. The molecule has 2 atom stereocenters. The van der Waals surface area contributed by atoms with Gasteiger partial charge < -0.3 is 4.90 Å². The van der Waals surface area contributed by atoms with Gasteiger partial charge in [-0.1, -0.05) is 6.92 Å². The molecular weight excluding hydrogens is 265 g/mol. The lowest BCUT2D eigenvalue weighted by Gasteiger charge is -2.44. The van der Waals surface area contributed by atoms with E-state index in [1.165, 1.54) is 0 Å². The first-order valence-corrected chi connectivity index (χ1v) is 7.25. The molecule has 2 heterocycles. The normalized spacial score (nSPS) is 26.9. The Morgan fingerprint density at radius 2 is 2.00 bits per heavy atom. The molecule has 0 saturated carbocycles. The van der Waals surface area contributed by atoms with Crippen molar-refractivity contribution in [1.82, 2.24) is 4.90 Å². The fourth-order valence-corrected chi connectivity index (χ4v) is 3.48. The van der Waals surface area contributed by atoms with Gasteiger partial charge in [0.1, 0.15) is 5.82 Å². The van der Waals surface area contributed by atoms with Crippen LogP contribution in [0.25, 0.3) is 0 Å². The molecule has 0 N–H and O–H groups in total. The van der Waals surface area contributed by atoms with Crippen LogP contribution in [0.3, 0.4) is 0 Å². The maximum Gasteiger partial charge on any atom is 0.182 e. The lowest BCUT2D eigenvalue weighted by molar-refractivity contribution is 0.193. The number of anilines is 1. The van der Waals surface area contributed by atoms with E-state index in [-0.39, 0.29) is 11.7 Å². The zero-order valence-electron chi connectivity index (χ0n) is 11.6. The summed E-state index contributed by atoms with van der Waals surface area (Å²) in [6, 6.07) is 2.21. The van der Waals surface area contributed by atoms with E-state index in [9.17, 15) is 13.2 Å². The highest BCUT2D eigenvalue weighted by Crippen LogP contribution is 2.32. The number of piperazine rings is 1. The summed E-state index contributed by atoms with van der Waals surface area (Å²) in [4.78, 5) is 4.27. The second-order valence-corrected chi connectivity index (χ2v) is 5.73. The Hall–Kier alpha value is -1.23. The summed E-state index contributed by atoms with van der Waals surface area (Å²) in [6.07, 6.45) is 3.06. The number of hydrogen-bond acceptors (Lipinski definition) is 2. The van der Waals surface area contributed by atoms with Gasteiger partial charge in [0.05, 0.1) is 5.69 Å². The molecule has 110 valence electrons. The summed E-state index contributed by atoms with van der Waals surface area (Å²) in [5.74, 6) is -2.76. The van der Waals surface area contributed by atoms with Crippen molar-refractivity contribution in [2.24, 2.45) is 0 Å². The monoisotopic (exact) mass is 284 g/mol. The molecular formula is C15H19F3N2. The van der Waals surface area contributed by atoms with Gasteiger partial charge in [-0.05, 0) is 25.8 Å². The van der Waals surface area contributed by atoms with E-state index in [0.29, 0.717) is 18.7 Å². The highest BCUT2D eigenvalue weighted by Gasteiger charge is 2.36. The molecule has 2 fully saturated rings. The van der Waals surface area contributed by atoms with E-state index in [1.54, 1.807) is 0 Å². The molecule has 0 aliphatic carbocycles. The van der Waals surface area contributed by atoms with Gasteiger partial charge in [0.25, 0.3) is 0 Å². The smallest absolute Gasteiger partial charge is 0.182 e. The van der Waals surface area contributed by atoms with Gasteiger partial charge in [-0.2, -0.15) is 0 Å². The fourth-order valence-electron chi connectivity index (χ4n) is 3.48. The number of benzene rings is 1. The lowest BCUT2D eigenvalue weighted by Crippen LogP contribution is -2.56. The molecule has 20 heavy (non-hydrogen) atoms. The summed E-state index contributed by atoms with van der Waals surface area (Å²) in [5, 5.41) is 0. The van der Waals surface area contributed by atoms with E-state index in [0.717, 1.165) is 38.4 Å². The predicted molar refractivity (Wildman–Crippen MR) is 72.3 cm³/mol. The number of rotatable bonds is 2. The van der Waals surface area contributed by atoms with Gasteiger partial charge in [-0.25, -0.2) is 13.2 Å². The highest BCUT2D eigenvalue weighted by molar-refractivity contribution is 5.50. The Bertz CT molecular complexity index is 506. The van der Waals surface area contributed by atoms with Crippen LogP contribution in [0.5, 0.6) is 0 Å². The largest absolute Gasteiger partial charge is 0.363 e. The maximum atomic E-state index is 14.0. The topological polar surface area (TPSA) is 6.48 Å². The SMILES string of the molecule is CCC1CN2CCCC2CN1c1cc(F)cc(F)c1F. The first-order valence-electron chi connectivity index (χ1n) is 7.25. The first-order chi connectivity index (χ1) is 9.60. The number of nitrogens with zero attached hydrogens (tertiary/aromatic N) is 2. The van der Waals surface area contributed by atoms with Gasteiger partial charge in [-0.15, -0.1) is 0 Å². The minimum Gasteiger partial charge on any atom is -0.363 e. The average Bonchev–Trinajstić information content (AvgIpc) is 2.88. The van der Waals surface area contributed by atoms with E-state index < -0.39 is 17.5 Å². The van der Waals surface area contributed by atoms with Crippen LogP contribution in [0.1, 0.15) is 26.2 Å². The summed E-state index contributed by atoms with van der Waals surface area (Å²) in [7, 11) is 0. The first kappa shape index (κ1) is 13.7. The Labute approximate surface area is 117 Å². The zero-order chi connectivity index (χ0) is 14.3. The van der Waals surface area contributed by atoms with Gasteiger partial charge in [0, 0.05) is 37.3 Å². The minimum absolute atomic E-state index is 0.0703. The van der Waals surface area contributed by atoms with Gasteiger partial charge in [0.15, 0.2) is 11.6 Å². The molecule has 1 aromatic rings. The lowest BCUT2D eigenvalue weighted by atomic mass is 10.0. The summed E-state index contributed by atoms with van der Waals surface area (Å²) in [6.45, 7) is 4.60. The van der Waals surface area contributed by atoms with E-state index in [2.05, 4.69) is 4.90 Å². The van der Waals surface area contributed by atoms with Crippen LogP contribution in [0.15, 0.2) is 12.1 Å². The van der Waals surface area contributed by atoms with Crippen LogP contribution in [0.2, 0.25) is 0 Å². The molecule has 5 heteroatoms. The fraction of sp³-hybridized carbons (Fsp3) is 0.600. The Balaban J connectivity index is 1.95. The number of fused-ring (bicyclic) bond motifs is 1. The van der Waals surface area contributed by atoms with Gasteiger partial charge in [-0.3, -0.25) is 4.90 Å². The standard InChI is InChI=1S/C15H19F3N2/c1-2-11-8-19-5-3-4-12(19)9-20(11)14-7-10(16)6-13(17)15(14)18/h6-7,11-12H,2-5,8-9H2,1H3. The Morgan fingerprint density at radius 1 is 1.20 bits per heavy atom. The molecule has 1 aromatic carbocycles. The number of hydrogen-bond donors (Lipinski definition) is 0. The van der Waals surface area contributed by atoms with Crippen LogP contribution >= 0.6 is 0 Å². The van der Waals surface area contributed by atoms with Crippen molar-refractivity contribution in [1.29, 1.82) is 0 Å². The van der Waals surface area contributed by atoms with Crippen molar-refractivity contribution in [3.8, 4) is 0 Å². The predicted octanol–water partition coefficient (Wildman–Crippen LogP) is 3.17. The van der Waals surface area contributed by atoms with Crippen molar-refractivity contribution in [2.75, 3.05) is 24.5 Å². The molecule has 2 nitrogen and oxygen atoms in total. The zero-order valence-corrected chi connectivity index (χ0v) is 11.6. The van der Waals surface area contributed by atoms with Gasteiger partial charge in [0.2, 0.25) is 0 Å². The molecule has 0 bridgehead atoms. The van der Waals surface area contributed by atoms with E-state index >= 15 is 0 Å². The molecule has 0 spiro atoms. The van der Waals surface area contributed by atoms with Crippen molar-refractivity contribution >= 4 is 5.69 Å². The molecule has 0 amide bonds. The molecule has 2 aliphatic rings. The third-order valence-corrected chi connectivity index (χ3v) is 4.55. The van der Waals surface area contributed by atoms with Crippen LogP contribution < -0.4 is 4.90 Å². The average molecular weight is 284 g/mol. The molecule has 0 radical (unpaired) electrons. The van der Waals surface area contributed by atoms with Crippen LogP contribution in [0.4, 0.5) is 18.9 Å². The minimum atomic E-state index is -1.11. The second kappa shape index (κ2) is 5.28. The third-order valence-electron chi connectivity index (χ3n) is 4.55. The van der Waals surface area contributed by atoms with Crippen molar-refractivity contribution in [2.45, 2.75) is 38.3 Å². The molecule has 3 rings (SSSR count). The summed E-state index contributed by atoms with van der Waals surface area (Å²) in [5.41, 5.74) is 0.0703. The number of halogens is 3. The van der Waals surface area contributed by atoms with Crippen molar-refractivity contribution in [3.63, 3.8) is 0 Å². The molecule has 2 saturated heterocycles.